The highest BCUT2D eigenvalue weighted by Gasteiger charge is 2.57. The Kier molecular flexibility index (Phi) is 5.30. The summed E-state index contributed by atoms with van der Waals surface area (Å²) in [6, 6.07) is 16.0. The first kappa shape index (κ1) is 22.3. The number of carbonyl (C=O) groups is 2. The van der Waals surface area contributed by atoms with Crippen molar-refractivity contribution in [2.24, 2.45) is 0 Å². The van der Waals surface area contributed by atoms with E-state index >= 15 is 0 Å². The minimum atomic E-state index is -1.57. The van der Waals surface area contributed by atoms with Gasteiger partial charge in [0.1, 0.15) is 6.61 Å². The number of benzene rings is 2. The van der Waals surface area contributed by atoms with E-state index in [1.165, 1.54) is 0 Å². The van der Waals surface area contributed by atoms with Gasteiger partial charge in [-0.2, -0.15) is 0 Å². The largest absolute Gasteiger partial charge is 0.634 e. The van der Waals surface area contributed by atoms with E-state index in [1.54, 1.807) is 27.7 Å². The predicted molar refractivity (Wildman–Crippen MR) is 120 cm³/mol. The number of hydrogen-bond acceptors (Lipinski definition) is 4. The number of hydrogen-bond donors (Lipinski definition) is 3. The first-order valence-electron chi connectivity index (χ1n) is 10.9. The second-order valence-electron chi connectivity index (χ2n) is 10.3. The van der Waals surface area contributed by atoms with Crippen molar-refractivity contribution < 1.29 is 24.5 Å². The van der Waals surface area contributed by atoms with Crippen LogP contribution in [0.3, 0.4) is 0 Å². The Bertz CT molecular complexity index is 998. The molecule has 3 N–H and O–H groups in total. The summed E-state index contributed by atoms with van der Waals surface area (Å²) in [7, 11) is 0. The molecule has 1 heterocycles. The molecule has 0 atom stereocenters. The molecule has 7 nitrogen and oxygen atoms in total. The van der Waals surface area contributed by atoms with Gasteiger partial charge in [-0.1, -0.05) is 48.5 Å². The van der Waals surface area contributed by atoms with Gasteiger partial charge in [0, 0.05) is 18.8 Å². The van der Waals surface area contributed by atoms with Crippen molar-refractivity contribution in [2.75, 3.05) is 6.61 Å². The maximum Gasteiger partial charge on any atom is 0.408 e. The second kappa shape index (κ2) is 7.60. The number of piperidine rings is 1. The Morgan fingerprint density at radius 1 is 1.00 bits per heavy atom. The van der Waals surface area contributed by atoms with Gasteiger partial charge in [-0.05, 0) is 49.9 Å². The van der Waals surface area contributed by atoms with Crippen molar-refractivity contribution in [1.82, 2.24) is 5.32 Å². The van der Waals surface area contributed by atoms with Crippen LogP contribution in [0.1, 0.15) is 57.6 Å². The zero-order chi connectivity index (χ0) is 23.3. The summed E-state index contributed by atoms with van der Waals surface area (Å²) < 4.78 is 5.58. The maximum absolute atomic E-state index is 12.8. The van der Waals surface area contributed by atoms with Gasteiger partial charge in [-0.3, -0.25) is 0 Å². The Balaban J connectivity index is 1.53. The number of carbonyl (C=O) groups excluding carboxylic acids is 1. The lowest BCUT2D eigenvalue weighted by Gasteiger charge is -2.57. The minimum Gasteiger partial charge on any atom is -0.634 e. The second-order valence-corrected chi connectivity index (χ2v) is 10.3. The molecule has 4 rings (SSSR count). The molecule has 0 aromatic heterocycles. The summed E-state index contributed by atoms with van der Waals surface area (Å²) in [6.07, 6.45) is -0.751. The number of ether oxygens (including phenoxy) is 1. The molecule has 1 amide bonds. The minimum absolute atomic E-state index is 0.00351. The standard InChI is InChI=1S/C25H30N2O5/c1-23(2)14-25(21(28)29,15-24(3,4)27(23)31)26-22(30)32-13-20-18-11-7-5-9-16(18)17-10-6-8-12-19(17)20/h5-12,20,27H,13-15H2,1-4H3,(H,26,30)(H,28,29). The number of carboxylic acids is 1. The smallest absolute Gasteiger partial charge is 0.408 e. The Hall–Kier alpha value is -2.90. The number of nitrogens with one attached hydrogen (secondary N) is 2. The molecular weight excluding hydrogens is 408 g/mol. The van der Waals surface area contributed by atoms with E-state index in [-0.39, 0.29) is 30.4 Å². The Morgan fingerprint density at radius 3 is 1.94 bits per heavy atom. The molecular formula is C25H30N2O5. The van der Waals surface area contributed by atoms with E-state index in [2.05, 4.69) is 17.4 Å². The highest BCUT2D eigenvalue weighted by Crippen LogP contribution is 2.44. The van der Waals surface area contributed by atoms with Gasteiger partial charge in [-0.15, -0.1) is 0 Å². The van der Waals surface area contributed by atoms with Gasteiger partial charge in [0.05, 0.1) is 11.1 Å². The first-order chi connectivity index (χ1) is 15.0. The number of alkyl carbamates (subject to hydrolysis) is 1. The summed E-state index contributed by atoms with van der Waals surface area (Å²) in [5, 5.41) is 25.4. The molecule has 7 heteroatoms. The van der Waals surface area contributed by atoms with Crippen molar-refractivity contribution in [3.8, 4) is 11.1 Å². The van der Waals surface area contributed by atoms with Gasteiger partial charge >= 0.3 is 12.1 Å². The van der Waals surface area contributed by atoms with Crippen molar-refractivity contribution in [1.29, 1.82) is 0 Å². The number of carboxylic acid groups (broad SMARTS) is 1. The molecule has 0 radical (unpaired) electrons. The van der Waals surface area contributed by atoms with E-state index in [0.29, 0.717) is 0 Å². The highest BCUT2D eigenvalue weighted by atomic mass is 16.5. The average Bonchev–Trinajstić information content (AvgIpc) is 3.04. The van der Waals surface area contributed by atoms with E-state index in [1.807, 2.05) is 36.4 Å². The summed E-state index contributed by atoms with van der Waals surface area (Å²) >= 11 is 0. The van der Waals surface area contributed by atoms with Crippen LogP contribution in [-0.2, 0) is 9.53 Å². The lowest BCUT2D eigenvalue weighted by molar-refractivity contribution is -0.956. The zero-order valence-electron chi connectivity index (χ0n) is 18.9. The third kappa shape index (κ3) is 3.65. The number of amides is 1. The molecule has 2 aromatic carbocycles. The Labute approximate surface area is 188 Å². The van der Waals surface area contributed by atoms with Gasteiger partial charge in [0.15, 0.2) is 5.54 Å². The van der Waals surface area contributed by atoms with Crippen LogP contribution >= 0.6 is 0 Å². The lowest BCUT2D eigenvalue weighted by Crippen LogP contribution is -3.24. The highest BCUT2D eigenvalue weighted by molar-refractivity contribution is 5.85. The van der Waals surface area contributed by atoms with E-state index in [0.717, 1.165) is 22.3 Å². The molecule has 0 bridgehead atoms. The van der Waals surface area contributed by atoms with Crippen LogP contribution in [0.25, 0.3) is 11.1 Å². The fourth-order valence-electron chi connectivity index (χ4n) is 5.77. The number of fused-ring (bicyclic) bond motifs is 3. The molecule has 170 valence electrons. The first-order valence-corrected chi connectivity index (χ1v) is 10.9. The topological polar surface area (TPSA) is 103 Å². The van der Waals surface area contributed by atoms with Crippen molar-refractivity contribution in [3.63, 3.8) is 0 Å². The number of aliphatic carboxylic acids is 1. The van der Waals surface area contributed by atoms with Crippen LogP contribution in [0.4, 0.5) is 4.79 Å². The van der Waals surface area contributed by atoms with Crippen LogP contribution in [0.15, 0.2) is 48.5 Å². The molecule has 0 saturated carbocycles. The normalized spacial score (nSPS) is 25.5. The molecule has 1 aliphatic carbocycles. The van der Waals surface area contributed by atoms with Crippen LogP contribution in [0, 0.1) is 5.21 Å². The fourth-order valence-corrected chi connectivity index (χ4v) is 5.77. The summed E-state index contributed by atoms with van der Waals surface area (Å²) in [5.74, 6) is -1.27. The third-order valence-corrected chi connectivity index (χ3v) is 6.81. The van der Waals surface area contributed by atoms with Gasteiger partial charge in [-0.25, -0.2) is 9.59 Å². The van der Waals surface area contributed by atoms with Crippen LogP contribution in [-0.4, -0.2) is 40.4 Å². The number of quaternary nitrogens is 1. The van der Waals surface area contributed by atoms with Gasteiger partial charge in [0.25, 0.3) is 0 Å². The molecule has 2 aromatic rings. The quantitative estimate of drug-likeness (QED) is 0.637. The molecule has 2 aliphatic rings. The fraction of sp³-hybridized carbons (Fsp3) is 0.440. The van der Waals surface area contributed by atoms with Crippen molar-refractivity contribution >= 4 is 12.1 Å². The zero-order valence-corrected chi connectivity index (χ0v) is 18.9. The molecule has 1 aliphatic heterocycles. The van der Waals surface area contributed by atoms with E-state index < -0.39 is 28.7 Å². The van der Waals surface area contributed by atoms with Crippen LogP contribution in [0.2, 0.25) is 0 Å². The van der Waals surface area contributed by atoms with Crippen molar-refractivity contribution in [3.05, 3.63) is 64.9 Å². The maximum atomic E-state index is 12.8. The SMILES string of the molecule is CC1(C)CC(NC(=O)OCC2c3ccccc3-c3ccccc32)(C(=O)O)CC(C)(C)[NH+]1[O-]. The van der Waals surface area contributed by atoms with E-state index in [9.17, 15) is 19.9 Å². The summed E-state index contributed by atoms with van der Waals surface area (Å²) in [5.41, 5.74) is 1.08. The molecule has 0 spiro atoms. The van der Waals surface area contributed by atoms with Crippen molar-refractivity contribution in [2.45, 2.75) is 63.1 Å². The molecule has 1 saturated heterocycles. The molecule has 1 fully saturated rings. The number of rotatable bonds is 4. The summed E-state index contributed by atoms with van der Waals surface area (Å²) in [6.45, 7) is 7.02. The predicted octanol–water partition coefficient (Wildman–Crippen LogP) is 3.08. The summed E-state index contributed by atoms with van der Waals surface area (Å²) in [4.78, 5) is 25.1. The van der Waals surface area contributed by atoms with E-state index in [4.69, 9.17) is 4.74 Å². The molecule has 0 unspecified atom stereocenters. The number of hydroxylamine groups is 2. The monoisotopic (exact) mass is 438 g/mol. The van der Waals surface area contributed by atoms with Crippen LogP contribution in [0.5, 0.6) is 0 Å². The van der Waals surface area contributed by atoms with Gasteiger partial charge < -0.3 is 25.4 Å². The Morgan fingerprint density at radius 2 is 1.47 bits per heavy atom. The average molecular weight is 439 g/mol. The van der Waals surface area contributed by atoms with Gasteiger partial charge in [0.2, 0.25) is 0 Å². The third-order valence-electron chi connectivity index (χ3n) is 6.81. The van der Waals surface area contributed by atoms with Crippen LogP contribution < -0.4 is 10.4 Å². The lowest BCUT2D eigenvalue weighted by atomic mass is 9.70. The molecule has 32 heavy (non-hydrogen) atoms.